The molecule has 1 aromatic heterocycles. The molecule has 1 aliphatic rings. The van der Waals surface area contributed by atoms with Crippen LogP contribution in [-0.4, -0.2) is 40.3 Å². The molecule has 1 aliphatic heterocycles. The minimum absolute atomic E-state index is 0.167. The van der Waals surface area contributed by atoms with Crippen LogP contribution in [0.25, 0.3) is 0 Å². The summed E-state index contributed by atoms with van der Waals surface area (Å²) in [7, 11) is 0. The summed E-state index contributed by atoms with van der Waals surface area (Å²) >= 11 is 11.9. The van der Waals surface area contributed by atoms with E-state index in [0.717, 1.165) is 0 Å². The molecule has 9 heteroatoms. The quantitative estimate of drug-likeness (QED) is 0.856. The van der Waals surface area contributed by atoms with Crippen molar-refractivity contribution in [3.8, 4) is 5.75 Å². The SMILES string of the molecule is O=C(COc1cc(Cl)ccc1Cl)N[C@H]1CCO[C@H]1c1ncn[nH]1. The van der Waals surface area contributed by atoms with Crippen LogP contribution in [-0.2, 0) is 9.53 Å². The standard InChI is InChI=1S/C14H14Cl2N4O3/c15-8-1-2-9(16)11(5-8)23-6-12(21)19-10-3-4-22-13(10)14-17-7-18-20-14/h1-2,5,7,10,13H,3-4,6H2,(H,19,21)(H,17,18,20)/t10-,13+/m0/s1. The Kier molecular flexibility index (Phi) is 5.00. The minimum Gasteiger partial charge on any atom is -0.482 e. The van der Waals surface area contributed by atoms with Gasteiger partial charge in [-0.25, -0.2) is 4.98 Å². The highest BCUT2D eigenvalue weighted by atomic mass is 35.5. The summed E-state index contributed by atoms with van der Waals surface area (Å²) in [5, 5.41) is 10.3. The van der Waals surface area contributed by atoms with E-state index in [0.29, 0.717) is 34.6 Å². The summed E-state index contributed by atoms with van der Waals surface area (Å²) in [5.74, 6) is 0.677. The van der Waals surface area contributed by atoms with Crippen molar-refractivity contribution in [2.75, 3.05) is 13.2 Å². The summed E-state index contributed by atoms with van der Waals surface area (Å²) in [5.41, 5.74) is 0. The third-order valence-corrected chi connectivity index (χ3v) is 3.94. The van der Waals surface area contributed by atoms with Crippen LogP contribution in [0, 0.1) is 0 Å². The first-order valence-corrected chi connectivity index (χ1v) is 7.73. The number of hydrogen-bond acceptors (Lipinski definition) is 5. The molecule has 0 unspecified atom stereocenters. The fraction of sp³-hybridized carbons (Fsp3) is 0.357. The molecule has 1 amide bonds. The topological polar surface area (TPSA) is 89.1 Å². The Labute approximate surface area is 142 Å². The van der Waals surface area contributed by atoms with Crippen LogP contribution in [0.1, 0.15) is 18.3 Å². The number of benzene rings is 1. The second kappa shape index (κ2) is 7.16. The fourth-order valence-corrected chi connectivity index (χ4v) is 2.67. The average Bonchev–Trinajstić information content (AvgIpc) is 3.19. The lowest BCUT2D eigenvalue weighted by Crippen LogP contribution is -2.39. The summed E-state index contributed by atoms with van der Waals surface area (Å²) in [4.78, 5) is 16.1. The molecule has 2 heterocycles. The summed E-state index contributed by atoms with van der Waals surface area (Å²) in [6, 6.07) is 4.64. The first kappa shape index (κ1) is 16.0. The van der Waals surface area contributed by atoms with Crippen LogP contribution in [0.15, 0.2) is 24.5 Å². The molecule has 0 aliphatic carbocycles. The van der Waals surface area contributed by atoms with Gasteiger partial charge in [0, 0.05) is 17.7 Å². The fourth-order valence-electron chi connectivity index (χ4n) is 2.34. The van der Waals surface area contributed by atoms with Gasteiger partial charge in [-0.1, -0.05) is 23.2 Å². The van der Waals surface area contributed by atoms with E-state index in [-0.39, 0.29) is 24.7 Å². The number of nitrogens with zero attached hydrogens (tertiary/aromatic N) is 2. The molecule has 2 atom stereocenters. The predicted octanol–water partition coefficient (Wildman–Crippen LogP) is 2.14. The number of nitrogens with one attached hydrogen (secondary N) is 2. The van der Waals surface area contributed by atoms with Gasteiger partial charge in [0.15, 0.2) is 12.4 Å². The van der Waals surface area contributed by atoms with E-state index in [2.05, 4.69) is 20.5 Å². The smallest absolute Gasteiger partial charge is 0.258 e. The highest BCUT2D eigenvalue weighted by Crippen LogP contribution is 2.28. The Morgan fingerprint density at radius 1 is 1.48 bits per heavy atom. The number of H-pyrrole nitrogens is 1. The number of hydrogen-bond donors (Lipinski definition) is 2. The molecule has 2 N–H and O–H groups in total. The second-order valence-electron chi connectivity index (χ2n) is 4.99. The minimum atomic E-state index is -0.337. The van der Waals surface area contributed by atoms with Gasteiger partial charge in [0.25, 0.3) is 5.91 Å². The van der Waals surface area contributed by atoms with E-state index >= 15 is 0 Å². The summed E-state index contributed by atoms with van der Waals surface area (Å²) in [6.45, 7) is 0.372. The number of amides is 1. The Balaban J connectivity index is 1.56. The van der Waals surface area contributed by atoms with Gasteiger partial charge in [0.2, 0.25) is 0 Å². The largest absolute Gasteiger partial charge is 0.482 e. The highest BCUT2D eigenvalue weighted by Gasteiger charge is 2.33. The Morgan fingerprint density at radius 2 is 2.35 bits per heavy atom. The summed E-state index contributed by atoms with van der Waals surface area (Å²) < 4.78 is 11.0. The first-order valence-electron chi connectivity index (χ1n) is 6.97. The van der Waals surface area contributed by atoms with Crippen LogP contribution >= 0.6 is 23.2 Å². The molecule has 122 valence electrons. The van der Waals surface area contributed by atoms with Gasteiger partial charge in [0.05, 0.1) is 11.1 Å². The molecular formula is C14H14Cl2N4O3. The maximum atomic E-state index is 12.1. The zero-order valence-corrected chi connectivity index (χ0v) is 13.5. The van der Waals surface area contributed by atoms with Crippen molar-refractivity contribution in [1.29, 1.82) is 0 Å². The van der Waals surface area contributed by atoms with E-state index in [4.69, 9.17) is 32.7 Å². The maximum absolute atomic E-state index is 12.1. The van der Waals surface area contributed by atoms with Crippen molar-refractivity contribution in [3.63, 3.8) is 0 Å². The molecule has 0 saturated carbocycles. The third-order valence-electron chi connectivity index (χ3n) is 3.39. The number of carbonyl (C=O) groups is 1. The van der Waals surface area contributed by atoms with Crippen molar-refractivity contribution in [2.45, 2.75) is 18.6 Å². The highest BCUT2D eigenvalue weighted by molar-refractivity contribution is 6.34. The molecule has 0 bridgehead atoms. The number of rotatable bonds is 5. The number of aromatic amines is 1. The van der Waals surface area contributed by atoms with Gasteiger partial charge >= 0.3 is 0 Å². The monoisotopic (exact) mass is 356 g/mol. The lowest BCUT2D eigenvalue weighted by Gasteiger charge is -2.18. The molecule has 0 spiro atoms. The number of aromatic nitrogens is 3. The van der Waals surface area contributed by atoms with E-state index in [9.17, 15) is 4.79 Å². The van der Waals surface area contributed by atoms with Crippen molar-refractivity contribution in [2.24, 2.45) is 0 Å². The van der Waals surface area contributed by atoms with E-state index in [1.165, 1.54) is 6.33 Å². The Bertz CT molecular complexity index is 681. The lowest BCUT2D eigenvalue weighted by atomic mass is 10.1. The second-order valence-corrected chi connectivity index (χ2v) is 5.83. The number of halogens is 2. The van der Waals surface area contributed by atoms with Crippen molar-refractivity contribution in [1.82, 2.24) is 20.5 Å². The van der Waals surface area contributed by atoms with Crippen LogP contribution in [0.3, 0.4) is 0 Å². The summed E-state index contributed by atoms with van der Waals surface area (Å²) in [6.07, 6.45) is 1.76. The van der Waals surface area contributed by atoms with Gasteiger partial charge in [0.1, 0.15) is 18.2 Å². The van der Waals surface area contributed by atoms with Crippen LogP contribution < -0.4 is 10.1 Å². The van der Waals surface area contributed by atoms with E-state index in [1.54, 1.807) is 18.2 Å². The molecule has 1 aromatic carbocycles. The molecule has 2 aromatic rings. The number of carbonyl (C=O) groups excluding carboxylic acids is 1. The van der Waals surface area contributed by atoms with E-state index in [1.807, 2.05) is 0 Å². The van der Waals surface area contributed by atoms with Crippen molar-refractivity contribution in [3.05, 3.63) is 40.4 Å². The zero-order chi connectivity index (χ0) is 16.2. The average molecular weight is 357 g/mol. The van der Waals surface area contributed by atoms with Crippen molar-refractivity contribution >= 4 is 29.1 Å². The van der Waals surface area contributed by atoms with Crippen molar-refractivity contribution < 1.29 is 14.3 Å². The normalized spacial score (nSPS) is 20.4. The molecule has 1 saturated heterocycles. The third kappa shape index (κ3) is 3.93. The Hall–Kier alpha value is -1.83. The molecule has 23 heavy (non-hydrogen) atoms. The van der Waals surface area contributed by atoms with Gasteiger partial charge < -0.3 is 14.8 Å². The van der Waals surface area contributed by atoms with Crippen LogP contribution in [0.4, 0.5) is 0 Å². The van der Waals surface area contributed by atoms with Gasteiger partial charge in [-0.2, -0.15) is 5.10 Å². The zero-order valence-electron chi connectivity index (χ0n) is 12.0. The number of ether oxygens (including phenoxy) is 2. The van der Waals surface area contributed by atoms with Crippen LogP contribution in [0.5, 0.6) is 5.75 Å². The van der Waals surface area contributed by atoms with E-state index < -0.39 is 0 Å². The molecule has 1 fully saturated rings. The van der Waals surface area contributed by atoms with Gasteiger partial charge in [-0.05, 0) is 18.6 Å². The molecule has 3 rings (SSSR count). The maximum Gasteiger partial charge on any atom is 0.258 e. The van der Waals surface area contributed by atoms with Gasteiger partial charge in [-0.15, -0.1) is 0 Å². The lowest BCUT2D eigenvalue weighted by molar-refractivity contribution is -0.124. The molecule has 7 nitrogen and oxygen atoms in total. The first-order chi connectivity index (χ1) is 11.1. The van der Waals surface area contributed by atoms with Gasteiger partial charge in [-0.3, -0.25) is 9.89 Å². The molecular weight excluding hydrogens is 343 g/mol. The Morgan fingerprint density at radius 3 is 3.13 bits per heavy atom. The predicted molar refractivity (Wildman–Crippen MR) is 83.6 cm³/mol. The van der Waals surface area contributed by atoms with Crippen LogP contribution in [0.2, 0.25) is 10.0 Å². The molecule has 0 radical (unpaired) electrons.